The number of carbonyl (C=O) groups excluding carboxylic acids is 2. The molecule has 0 radical (unpaired) electrons. The topological polar surface area (TPSA) is 92.8 Å². The third-order valence-corrected chi connectivity index (χ3v) is 4.45. The number of nitrogens with one attached hydrogen (secondary N) is 1. The summed E-state index contributed by atoms with van der Waals surface area (Å²) in [6.45, 7) is 2.72. The smallest absolute Gasteiger partial charge is 0.321 e. The Balaban J connectivity index is 2.60. The maximum atomic E-state index is 12.1. The minimum Gasteiger partial charge on any atom is -0.455 e. The fraction of sp³-hybridized carbons (Fsp3) is 0.429. The van der Waals surface area contributed by atoms with Gasteiger partial charge in [-0.3, -0.25) is 9.59 Å². The lowest BCUT2D eigenvalue weighted by Crippen LogP contribution is -2.33. The largest absolute Gasteiger partial charge is 0.455 e. The zero-order valence-corrected chi connectivity index (χ0v) is 13.9. The highest BCUT2D eigenvalue weighted by molar-refractivity contribution is 7.89. The number of hydrogen-bond donors (Lipinski definition) is 1. The molecule has 8 heteroatoms. The van der Waals surface area contributed by atoms with Crippen molar-refractivity contribution >= 4 is 21.9 Å². The number of hydrogen-bond acceptors (Lipinski definition) is 5. The van der Waals surface area contributed by atoms with Gasteiger partial charge in [0, 0.05) is 14.1 Å². The Morgan fingerprint density at radius 3 is 2.36 bits per heavy atom. The van der Waals surface area contributed by atoms with Gasteiger partial charge >= 0.3 is 5.97 Å². The fourth-order valence-electron chi connectivity index (χ4n) is 1.44. The van der Waals surface area contributed by atoms with Crippen molar-refractivity contribution in [1.82, 2.24) is 9.62 Å². The Morgan fingerprint density at radius 2 is 1.82 bits per heavy atom. The highest BCUT2D eigenvalue weighted by Crippen LogP contribution is 2.14. The van der Waals surface area contributed by atoms with Crippen LogP contribution in [-0.2, 0) is 24.3 Å². The van der Waals surface area contributed by atoms with Crippen molar-refractivity contribution in [2.24, 2.45) is 0 Å². The zero-order valence-electron chi connectivity index (χ0n) is 13.0. The quantitative estimate of drug-likeness (QED) is 0.754. The summed E-state index contributed by atoms with van der Waals surface area (Å²) in [6.07, 6.45) is 0. The molecule has 0 unspecified atom stereocenters. The van der Waals surface area contributed by atoms with Gasteiger partial charge < -0.3 is 9.64 Å². The molecule has 22 heavy (non-hydrogen) atoms. The van der Waals surface area contributed by atoms with Gasteiger partial charge in [-0.05, 0) is 37.1 Å². The van der Waals surface area contributed by atoms with Crippen LogP contribution in [0.3, 0.4) is 0 Å². The van der Waals surface area contributed by atoms with Gasteiger partial charge in [0.2, 0.25) is 10.0 Å². The molecule has 0 bridgehead atoms. The number of ether oxygens (including phenoxy) is 1. The Labute approximate surface area is 130 Å². The molecular weight excluding hydrogens is 308 g/mol. The van der Waals surface area contributed by atoms with Crippen molar-refractivity contribution in [2.75, 3.05) is 27.2 Å². The molecule has 1 aromatic rings. The molecule has 122 valence electrons. The summed E-state index contributed by atoms with van der Waals surface area (Å²) < 4.78 is 30.9. The maximum absolute atomic E-state index is 12.1. The minimum atomic E-state index is -3.80. The summed E-state index contributed by atoms with van der Waals surface area (Å²) in [7, 11) is -0.743. The van der Waals surface area contributed by atoms with E-state index in [4.69, 9.17) is 0 Å². The number of amides is 1. The van der Waals surface area contributed by atoms with Crippen molar-refractivity contribution in [3.8, 4) is 0 Å². The van der Waals surface area contributed by atoms with Gasteiger partial charge in [0.1, 0.15) is 6.54 Å². The molecule has 0 fully saturated rings. The molecule has 0 aliphatic carbocycles. The van der Waals surface area contributed by atoms with Crippen LogP contribution >= 0.6 is 0 Å². The van der Waals surface area contributed by atoms with Gasteiger partial charge in [0.15, 0.2) is 6.61 Å². The summed E-state index contributed by atoms with van der Waals surface area (Å²) in [6, 6.07) is 4.68. The number of likely N-dealkylation sites (N-methyl/N-ethyl adjacent to an activating group) is 1. The molecule has 0 aromatic heterocycles. The Bertz CT molecular complexity index is 668. The van der Waals surface area contributed by atoms with E-state index in [1.165, 1.54) is 31.1 Å². The normalized spacial score (nSPS) is 11.1. The third kappa shape index (κ3) is 5.12. The summed E-state index contributed by atoms with van der Waals surface area (Å²) >= 11 is 0. The molecular formula is C14H20N2O5S. The van der Waals surface area contributed by atoms with E-state index in [2.05, 4.69) is 9.46 Å². The van der Waals surface area contributed by atoms with Crippen LogP contribution in [0.15, 0.2) is 23.1 Å². The summed E-state index contributed by atoms with van der Waals surface area (Å²) in [4.78, 5) is 24.0. The minimum absolute atomic E-state index is 0.0766. The Morgan fingerprint density at radius 1 is 1.18 bits per heavy atom. The first-order chi connectivity index (χ1) is 10.1. The molecule has 0 atom stereocenters. The standard InChI is InChI=1S/C14H20N2O5S/c1-10-5-6-12(7-11(10)2)22(19,20)15-8-14(18)21-9-13(17)16(3)4/h5-7,15H,8-9H2,1-4H3. The van der Waals surface area contributed by atoms with Crippen LogP contribution in [0.5, 0.6) is 0 Å². The average Bonchev–Trinajstić information content (AvgIpc) is 2.45. The van der Waals surface area contributed by atoms with Gasteiger partial charge in [-0.1, -0.05) is 6.07 Å². The number of rotatable bonds is 6. The molecule has 1 aromatic carbocycles. The Hall–Kier alpha value is -1.93. The molecule has 0 aliphatic heterocycles. The summed E-state index contributed by atoms with van der Waals surface area (Å²) in [5.74, 6) is -1.20. The average molecular weight is 328 g/mol. The predicted octanol–water partition coefficient (Wildman–Crippen LogP) is 0.213. The van der Waals surface area contributed by atoms with Gasteiger partial charge in [-0.15, -0.1) is 0 Å². The molecule has 0 saturated heterocycles. The Kier molecular flexibility index (Phi) is 6.07. The van der Waals surface area contributed by atoms with E-state index in [0.717, 1.165) is 11.1 Å². The molecule has 1 amide bonds. The van der Waals surface area contributed by atoms with E-state index in [1.54, 1.807) is 13.0 Å². The van der Waals surface area contributed by atoms with Gasteiger partial charge in [0.05, 0.1) is 4.90 Å². The van der Waals surface area contributed by atoms with Crippen LogP contribution in [-0.4, -0.2) is 52.4 Å². The zero-order chi connectivity index (χ0) is 16.9. The molecule has 1 rings (SSSR count). The van der Waals surface area contributed by atoms with E-state index in [0.29, 0.717) is 0 Å². The van der Waals surface area contributed by atoms with Crippen LogP contribution in [0.4, 0.5) is 0 Å². The van der Waals surface area contributed by atoms with E-state index in [-0.39, 0.29) is 10.8 Å². The third-order valence-electron chi connectivity index (χ3n) is 3.05. The van der Waals surface area contributed by atoms with Gasteiger partial charge in [-0.25, -0.2) is 8.42 Å². The first kappa shape index (κ1) is 18.1. The van der Waals surface area contributed by atoms with E-state index < -0.39 is 29.1 Å². The first-order valence-corrected chi connectivity index (χ1v) is 8.04. The highest BCUT2D eigenvalue weighted by atomic mass is 32.2. The van der Waals surface area contributed by atoms with Crippen LogP contribution in [0.1, 0.15) is 11.1 Å². The molecule has 0 aliphatic rings. The lowest BCUT2D eigenvalue weighted by molar-refractivity contribution is -0.149. The highest BCUT2D eigenvalue weighted by Gasteiger charge is 2.17. The van der Waals surface area contributed by atoms with Crippen LogP contribution in [0.25, 0.3) is 0 Å². The van der Waals surface area contributed by atoms with Crippen molar-refractivity contribution in [1.29, 1.82) is 0 Å². The lowest BCUT2D eigenvalue weighted by Gasteiger charge is -2.11. The van der Waals surface area contributed by atoms with Gasteiger partial charge in [0.25, 0.3) is 5.91 Å². The second-order valence-electron chi connectivity index (χ2n) is 5.02. The van der Waals surface area contributed by atoms with E-state index >= 15 is 0 Å². The first-order valence-electron chi connectivity index (χ1n) is 6.56. The molecule has 1 N–H and O–H groups in total. The number of aryl methyl sites for hydroxylation is 2. The summed E-state index contributed by atoms with van der Waals surface area (Å²) in [5.41, 5.74) is 1.81. The number of esters is 1. The van der Waals surface area contributed by atoms with Crippen molar-refractivity contribution < 1.29 is 22.7 Å². The number of sulfonamides is 1. The number of benzene rings is 1. The lowest BCUT2D eigenvalue weighted by atomic mass is 10.1. The van der Waals surface area contributed by atoms with Crippen molar-refractivity contribution in [2.45, 2.75) is 18.7 Å². The van der Waals surface area contributed by atoms with E-state index in [1.807, 2.05) is 6.92 Å². The van der Waals surface area contributed by atoms with Crippen molar-refractivity contribution in [3.63, 3.8) is 0 Å². The SMILES string of the molecule is Cc1ccc(S(=O)(=O)NCC(=O)OCC(=O)N(C)C)cc1C. The maximum Gasteiger partial charge on any atom is 0.321 e. The summed E-state index contributed by atoms with van der Waals surface area (Å²) in [5, 5.41) is 0. The number of carbonyl (C=O) groups is 2. The van der Waals surface area contributed by atoms with Crippen molar-refractivity contribution in [3.05, 3.63) is 29.3 Å². The predicted molar refractivity (Wildman–Crippen MR) is 80.8 cm³/mol. The molecule has 0 saturated carbocycles. The molecule has 0 heterocycles. The molecule has 7 nitrogen and oxygen atoms in total. The van der Waals surface area contributed by atoms with E-state index in [9.17, 15) is 18.0 Å². The van der Waals surface area contributed by atoms with Crippen LogP contribution in [0.2, 0.25) is 0 Å². The molecule has 0 spiro atoms. The van der Waals surface area contributed by atoms with Crippen LogP contribution in [0, 0.1) is 13.8 Å². The second-order valence-corrected chi connectivity index (χ2v) is 6.79. The second kappa shape index (κ2) is 7.37. The van der Waals surface area contributed by atoms with Crippen LogP contribution < -0.4 is 4.72 Å². The number of nitrogens with zero attached hydrogens (tertiary/aromatic N) is 1. The fourth-order valence-corrected chi connectivity index (χ4v) is 2.49. The van der Waals surface area contributed by atoms with Gasteiger partial charge in [-0.2, -0.15) is 4.72 Å². The monoisotopic (exact) mass is 328 g/mol.